The first-order chi connectivity index (χ1) is 10.2. The lowest BCUT2D eigenvalue weighted by Crippen LogP contribution is -1.78. The predicted molar refractivity (Wildman–Crippen MR) is 98.3 cm³/mol. The molecule has 0 aliphatic carbocycles. The number of thiazole rings is 1. The molecule has 3 rings (SSSR count). The predicted octanol–water partition coefficient (Wildman–Crippen LogP) is 6.51. The van der Waals surface area contributed by atoms with Crippen molar-refractivity contribution in [2.45, 2.75) is 0 Å². The third-order valence-corrected chi connectivity index (χ3v) is 5.03. The van der Waals surface area contributed by atoms with E-state index in [-0.39, 0.29) is 0 Å². The summed E-state index contributed by atoms with van der Waals surface area (Å²) in [5, 5.41) is 3.09. The van der Waals surface area contributed by atoms with Gasteiger partial charge in [0, 0.05) is 19.9 Å². The fourth-order valence-corrected chi connectivity index (χ4v) is 3.29. The second-order valence-electron chi connectivity index (χ2n) is 4.43. The minimum atomic E-state index is 1.00. The Kier molecular flexibility index (Phi) is 4.68. The summed E-state index contributed by atoms with van der Waals surface area (Å²) in [6, 6.07) is 16.4. The Morgan fingerprint density at radius 1 is 0.905 bits per heavy atom. The van der Waals surface area contributed by atoms with E-state index in [4.69, 9.17) is 0 Å². The van der Waals surface area contributed by atoms with Crippen molar-refractivity contribution >= 4 is 55.3 Å². The summed E-state index contributed by atoms with van der Waals surface area (Å²) in [7, 11) is 0. The third kappa shape index (κ3) is 3.70. The van der Waals surface area contributed by atoms with Crippen LogP contribution in [0.3, 0.4) is 0 Å². The first kappa shape index (κ1) is 14.7. The van der Waals surface area contributed by atoms with Crippen molar-refractivity contribution in [3.05, 3.63) is 73.4 Å². The van der Waals surface area contributed by atoms with Crippen molar-refractivity contribution < 1.29 is 0 Å². The molecule has 1 heterocycles. The summed E-state index contributed by atoms with van der Waals surface area (Å²) >= 11 is 8.64. The average molecular weight is 421 g/mol. The van der Waals surface area contributed by atoms with Crippen LogP contribution in [-0.2, 0) is 0 Å². The molecule has 0 saturated carbocycles. The first-order valence-corrected chi connectivity index (χ1v) is 8.83. The van der Waals surface area contributed by atoms with Crippen LogP contribution < -0.4 is 0 Å². The number of hydrogen-bond acceptors (Lipinski definition) is 2. The monoisotopic (exact) mass is 419 g/mol. The molecule has 0 saturated heterocycles. The van der Waals surface area contributed by atoms with E-state index in [0.29, 0.717) is 0 Å². The number of hydrogen-bond donors (Lipinski definition) is 0. The van der Waals surface area contributed by atoms with Gasteiger partial charge in [0.15, 0.2) is 0 Å². The van der Waals surface area contributed by atoms with Gasteiger partial charge in [0.2, 0.25) is 0 Å². The van der Waals surface area contributed by atoms with E-state index in [0.717, 1.165) is 30.8 Å². The van der Waals surface area contributed by atoms with E-state index in [2.05, 4.69) is 66.5 Å². The zero-order valence-corrected chi connectivity index (χ0v) is 15.0. The van der Waals surface area contributed by atoms with E-state index in [1.807, 2.05) is 36.4 Å². The van der Waals surface area contributed by atoms with Crippen LogP contribution in [0.1, 0.15) is 10.6 Å². The first-order valence-electron chi connectivity index (χ1n) is 6.36. The van der Waals surface area contributed by atoms with E-state index in [1.165, 1.54) is 0 Å². The second kappa shape index (κ2) is 6.69. The molecule has 3 aromatic rings. The summed E-state index contributed by atoms with van der Waals surface area (Å²) in [4.78, 5) is 4.66. The quantitative estimate of drug-likeness (QED) is 0.470. The van der Waals surface area contributed by atoms with Gasteiger partial charge in [-0.05, 0) is 29.8 Å². The van der Waals surface area contributed by atoms with E-state index in [9.17, 15) is 0 Å². The number of halogens is 2. The summed E-state index contributed by atoms with van der Waals surface area (Å²) < 4.78 is 2.17. The standard InChI is InChI=1S/C17H11Br2NS/c18-14-8-5-13(6-9-14)16-11-21-17(20-16)10-7-12-3-1-2-4-15(12)19/h1-11H. The highest BCUT2D eigenvalue weighted by Gasteiger charge is 2.02. The maximum absolute atomic E-state index is 4.66. The van der Waals surface area contributed by atoms with Gasteiger partial charge in [0.25, 0.3) is 0 Å². The van der Waals surface area contributed by atoms with Crippen LogP contribution in [0.2, 0.25) is 0 Å². The molecule has 1 nitrogen and oxygen atoms in total. The topological polar surface area (TPSA) is 12.9 Å². The normalized spacial score (nSPS) is 11.1. The highest BCUT2D eigenvalue weighted by Crippen LogP contribution is 2.25. The third-order valence-electron chi connectivity index (χ3n) is 2.97. The maximum atomic E-state index is 4.66. The van der Waals surface area contributed by atoms with Crippen molar-refractivity contribution in [1.29, 1.82) is 0 Å². The van der Waals surface area contributed by atoms with Crippen molar-refractivity contribution in [1.82, 2.24) is 4.98 Å². The lowest BCUT2D eigenvalue weighted by molar-refractivity contribution is 1.38. The number of rotatable bonds is 3. The van der Waals surface area contributed by atoms with Crippen LogP contribution in [0.5, 0.6) is 0 Å². The molecule has 21 heavy (non-hydrogen) atoms. The van der Waals surface area contributed by atoms with Gasteiger partial charge in [0.05, 0.1) is 5.69 Å². The highest BCUT2D eigenvalue weighted by molar-refractivity contribution is 9.10. The van der Waals surface area contributed by atoms with Gasteiger partial charge in [-0.3, -0.25) is 0 Å². The molecule has 0 N–H and O–H groups in total. The fraction of sp³-hybridized carbons (Fsp3) is 0. The minimum absolute atomic E-state index is 1.00. The van der Waals surface area contributed by atoms with Gasteiger partial charge in [-0.2, -0.15) is 0 Å². The van der Waals surface area contributed by atoms with Gasteiger partial charge >= 0.3 is 0 Å². The molecule has 0 aliphatic rings. The van der Waals surface area contributed by atoms with Crippen LogP contribution in [-0.4, -0.2) is 4.98 Å². The molecule has 0 bridgehead atoms. The van der Waals surface area contributed by atoms with Crippen LogP contribution in [0.4, 0.5) is 0 Å². The Hall–Kier alpha value is -1.23. The van der Waals surface area contributed by atoms with Crippen molar-refractivity contribution in [2.24, 2.45) is 0 Å². The summed E-state index contributed by atoms with van der Waals surface area (Å²) in [6.07, 6.45) is 4.13. The fourth-order valence-electron chi connectivity index (χ4n) is 1.89. The zero-order chi connectivity index (χ0) is 14.7. The smallest absolute Gasteiger partial charge is 0.116 e. The molecule has 0 atom stereocenters. The van der Waals surface area contributed by atoms with Crippen molar-refractivity contribution in [2.75, 3.05) is 0 Å². The molecule has 104 valence electrons. The largest absolute Gasteiger partial charge is 0.237 e. The molecule has 0 amide bonds. The Morgan fingerprint density at radius 3 is 2.43 bits per heavy atom. The number of aromatic nitrogens is 1. The van der Waals surface area contributed by atoms with Crippen molar-refractivity contribution in [3.63, 3.8) is 0 Å². The van der Waals surface area contributed by atoms with Gasteiger partial charge < -0.3 is 0 Å². The summed E-state index contributed by atoms with van der Waals surface area (Å²) in [5.74, 6) is 0. The molecule has 0 aliphatic heterocycles. The van der Waals surface area contributed by atoms with Crippen LogP contribution in [0.25, 0.3) is 23.4 Å². The van der Waals surface area contributed by atoms with Gasteiger partial charge in [-0.15, -0.1) is 11.3 Å². The van der Waals surface area contributed by atoms with Crippen LogP contribution in [0, 0.1) is 0 Å². The lowest BCUT2D eigenvalue weighted by Gasteiger charge is -1.96. The molecule has 0 fully saturated rings. The molecular weight excluding hydrogens is 410 g/mol. The minimum Gasteiger partial charge on any atom is -0.237 e. The van der Waals surface area contributed by atoms with Crippen molar-refractivity contribution in [3.8, 4) is 11.3 Å². The zero-order valence-electron chi connectivity index (χ0n) is 11.0. The average Bonchev–Trinajstić information content (AvgIpc) is 2.96. The summed E-state index contributed by atoms with van der Waals surface area (Å²) in [5.41, 5.74) is 3.30. The van der Waals surface area contributed by atoms with Crippen LogP contribution in [0.15, 0.2) is 62.9 Å². The van der Waals surface area contributed by atoms with E-state index >= 15 is 0 Å². The van der Waals surface area contributed by atoms with E-state index < -0.39 is 0 Å². The van der Waals surface area contributed by atoms with Gasteiger partial charge in [-0.1, -0.05) is 68.3 Å². The highest BCUT2D eigenvalue weighted by atomic mass is 79.9. The Labute approximate surface area is 144 Å². The van der Waals surface area contributed by atoms with Gasteiger partial charge in [0.1, 0.15) is 5.01 Å². The van der Waals surface area contributed by atoms with Crippen LogP contribution >= 0.6 is 43.2 Å². The molecule has 2 aromatic carbocycles. The number of benzene rings is 2. The molecule has 4 heteroatoms. The van der Waals surface area contributed by atoms with E-state index in [1.54, 1.807) is 11.3 Å². The Bertz CT molecular complexity index is 775. The maximum Gasteiger partial charge on any atom is 0.116 e. The summed E-state index contributed by atoms with van der Waals surface area (Å²) in [6.45, 7) is 0. The molecular formula is C17H11Br2NS. The molecule has 0 unspecified atom stereocenters. The molecule has 0 spiro atoms. The lowest BCUT2D eigenvalue weighted by atomic mass is 10.2. The number of nitrogens with zero attached hydrogens (tertiary/aromatic N) is 1. The molecule has 0 radical (unpaired) electrons. The Morgan fingerprint density at radius 2 is 1.67 bits per heavy atom. The second-order valence-corrected chi connectivity index (χ2v) is 7.09. The SMILES string of the molecule is Brc1ccc(-c2csc(C=Cc3ccccc3Br)n2)cc1. The van der Waals surface area contributed by atoms with Gasteiger partial charge in [-0.25, -0.2) is 4.98 Å². The Balaban J connectivity index is 1.82. The molecule has 1 aromatic heterocycles.